The zero-order chi connectivity index (χ0) is 13.9. The lowest BCUT2D eigenvalue weighted by Gasteiger charge is -2.20. The number of carbonyl (C=O) groups is 1. The average molecular weight is 272 g/mol. The first-order valence-electron chi connectivity index (χ1n) is 6.24. The van der Waals surface area contributed by atoms with Gasteiger partial charge in [-0.05, 0) is 31.7 Å². The fourth-order valence-corrected chi connectivity index (χ4v) is 2.94. The number of ketones is 1. The Labute approximate surface area is 118 Å². The van der Waals surface area contributed by atoms with E-state index in [1.807, 2.05) is 80.2 Å². The van der Waals surface area contributed by atoms with Crippen molar-refractivity contribution < 1.29 is 9.36 Å². The van der Waals surface area contributed by atoms with Gasteiger partial charge in [0.1, 0.15) is 7.05 Å². The number of pyridine rings is 1. The summed E-state index contributed by atoms with van der Waals surface area (Å²) in [5.41, 5.74) is 0.763. The Morgan fingerprint density at radius 1 is 1.05 bits per heavy atom. The van der Waals surface area contributed by atoms with Crippen molar-refractivity contribution in [1.29, 1.82) is 0 Å². The quantitative estimate of drug-likeness (QED) is 0.484. The third-order valence-corrected chi connectivity index (χ3v) is 4.28. The van der Waals surface area contributed by atoms with E-state index in [1.165, 1.54) is 0 Å². The maximum Gasteiger partial charge on any atom is 0.240 e. The van der Waals surface area contributed by atoms with Crippen LogP contribution in [0.4, 0.5) is 0 Å². The molecule has 98 valence electrons. The van der Waals surface area contributed by atoms with Crippen LogP contribution in [0, 0.1) is 0 Å². The van der Waals surface area contributed by atoms with E-state index < -0.39 is 4.75 Å². The fourth-order valence-electron chi connectivity index (χ4n) is 1.86. The molecule has 3 heteroatoms. The molecule has 0 saturated carbocycles. The molecule has 2 nitrogen and oxygen atoms in total. The number of thioether (sulfide) groups is 1. The second-order valence-electron chi connectivity index (χ2n) is 4.96. The summed E-state index contributed by atoms with van der Waals surface area (Å²) >= 11 is 1.59. The molecular weight excluding hydrogens is 254 g/mol. The topological polar surface area (TPSA) is 20.9 Å². The number of hydrogen-bond donors (Lipinski definition) is 0. The molecule has 0 unspecified atom stereocenters. The first-order chi connectivity index (χ1) is 9.00. The molecule has 0 spiro atoms. The molecule has 0 atom stereocenters. The molecule has 0 radical (unpaired) electrons. The Bertz CT molecular complexity index is 578. The second kappa shape index (κ2) is 5.57. The molecule has 2 aromatic rings. The lowest BCUT2D eigenvalue weighted by molar-refractivity contribution is -0.708. The van der Waals surface area contributed by atoms with Gasteiger partial charge in [-0.15, -0.1) is 0 Å². The molecule has 19 heavy (non-hydrogen) atoms. The number of hydrogen-bond acceptors (Lipinski definition) is 2. The number of benzene rings is 1. The minimum absolute atomic E-state index is 0.155. The summed E-state index contributed by atoms with van der Waals surface area (Å²) in [7, 11) is 1.99. The van der Waals surface area contributed by atoms with Crippen LogP contribution in [0.3, 0.4) is 0 Å². The van der Waals surface area contributed by atoms with Crippen molar-refractivity contribution in [2.24, 2.45) is 7.05 Å². The highest BCUT2D eigenvalue weighted by molar-refractivity contribution is 8.01. The summed E-state index contributed by atoms with van der Waals surface area (Å²) in [5.74, 6) is 0.155. The third-order valence-electron chi connectivity index (χ3n) is 2.95. The van der Waals surface area contributed by atoms with Crippen molar-refractivity contribution in [3.63, 3.8) is 0 Å². The van der Waals surface area contributed by atoms with E-state index in [9.17, 15) is 4.79 Å². The van der Waals surface area contributed by atoms with E-state index in [0.29, 0.717) is 0 Å². The van der Waals surface area contributed by atoms with Crippen molar-refractivity contribution in [3.8, 4) is 0 Å². The number of aryl methyl sites for hydroxylation is 1. The Morgan fingerprint density at radius 3 is 2.32 bits per heavy atom. The molecule has 0 N–H and O–H groups in total. The van der Waals surface area contributed by atoms with Crippen LogP contribution >= 0.6 is 11.8 Å². The predicted molar refractivity (Wildman–Crippen MR) is 78.3 cm³/mol. The van der Waals surface area contributed by atoms with E-state index in [2.05, 4.69) is 0 Å². The molecular formula is C16H18NOS+. The number of Topliss-reactive ketones (excluding diaryl/α,β-unsaturated/α-hetero) is 1. The van der Waals surface area contributed by atoms with Gasteiger partial charge < -0.3 is 0 Å². The SMILES string of the molecule is C[n+]1ccccc1SC(C)(C)C(=O)c1ccccc1. The Balaban J connectivity index is 2.24. The first kappa shape index (κ1) is 13.8. The van der Waals surface area contributed by atoms with Gasteiger partial charge in [0.25, 0.3) is 0 Å². The molecule has 1 heterocycles. The van der Waals surface area contributed by atoms with Crippen LogP contribution in [0.25, 0.3) is 0 Å². The maximum atomic E-state index is 12.6. The summed E-state index contributed by atoms with van der Waals surface area (Å²) in [4.78, 5) is 12.6. The monoisotopic (exact) mass is 272 g/mol. The van der Waals surface area contributed by atoms with Crippen LogP contribution in [0.2, 0.25) is 0 Å². The van der Waals surface area contributed by atoms with Gasteiger partial charge in [-0.2, -0.15) is 4.57 Å². The summed E-state index contributed by atoms with van der Waals surface area (Å²) in [6, 6.07) is 15.5. The highest BCUT2D eigenvalue weighted by Gasteiger charge is 2.32. The molecule has 1 aromatic carbocycles. The summed E-state index contributed by atoms with van der Waals surface area (Å²) in [6.45, 7) is 3.94. The second-order valence-corrected chi connectivity index (χ2v) is 6.60. The summed E-state index contributed by atoms with van der Waals surface area (Å²) in [6.07, 6.45) is 1.99. The average Bonchev–Trinajstić information content (AvgIpc) is 2.41. The van der Waals surface area contributed by atoms with Gasteiger partial charge in [-0.3, -0.25) is 4.79 Å². The predicted octanol–water partition coefficient (Wildman–Crippen LogP) is 3.26. The van der Waals surface area contributed by atoms with Crippen LogP contribution in [0.5, 0.6) is 0 Å². The van der Waals surface area contributed by atoms with E-state index in [0.717, 1.165) is 10.6 Å². The van der Waals surface area contributed by atoms with Crippen molar-refractivity contribution >= 4 is 17.5 Å². The third kappa shape index (κ3) is 3.24. The van der Waals surface area contributed by atoms with Crippen LogP contribution in [-0.4, -0.2) is 10.5 Å². The maximum absolute atomic E-state index is 12.6. The molecule has 0 fully saturated rings. The van der Waals surface area contributed by atoms with Gasteiger partial charge in [0.05, 0.1) is 4.75 Å². The van der Waals surface area contributed by atoms with Gasteiger partial charge in [-0.1, -0.05) is 30.3 Å². The molecule has 0 amide bonds. The zero-order valence-corrected chi connectivity index (χ0v) is 12.3. The molecule has 2 rings (SSSR count). The molecule has 0 aliphatic heterocycles. The molecule has 1 aromatic heterocycles. The van der Waals surface area contributed by atoms with Crippen LogP contribution in [0.15, 0.2) is 59.8 Å². The van der Waals surface area contributed by atoms with Gasteiger partial charge in [-0.25, -0.2) is 0 Å². The van der Waals surface area contributed by atoms with Crippen LogP contribution < -0.4 is 4.57 Å². The standard InChI is InChI=1S/C16H18NOS/c1-16(2,15(18)13-9-5-4-6-10-13)19-14-11-7-8-12-17(14)3/h4-12H,1-3H3/q+1. The number of aromatic nitrogens is 1. The van der Waals surface area contributed by atoms with Crippen molar-refractivity contribution in [1.82, 2.24) is 0 Å². The van der Waals surface area contributed by atoms with E-state index in [1.54, 1.807) is 11.8 Å². The lowest BCUT2D eigenvalue weighted by atomic mass is 10.0. The van der Waals surface area contributed by atoms with Crippen molar-refractivity contribution in [2.45, 2.75) is 23.6 Å². The van der Waals surface area contributed by atoms with Gasteiger partial charge >= 0.3 is 0 Å². The van der Waals surface area contributed by atoms with Crippen molar-refractivity contribution in [2.75, 3.05) is 0 Å². The van der Waals surface area contributed by atoms with Crippen LogP contribution in [0.1, 0.15) is 24.2 Å². The molecule has 0 bridgehead atoms. The Morgan fingerprint density at radius 2 is 1.68 bits per heavy atom. The van der Waals surface area contributed by atoms with E-state index in [-0.39, 0.29) is 5.78 Å². The highest BCUT2D eigenvalue weighted by Crippen LogP contribution is 2.33. The van der Waals surface area contributed by atoms with Gasteiger partial charge in [0.15, 0.2) is 12.0 Å². The number of nitrogens with zero attached hydrogens (tertiary/aromatic N) is 1. The van der Waals surface area contributed by atoms with E-state index >= 15 is 0 Å². The minimum Gasteiger partial charge on any atom is -0.293 e. The molecule has 0 saturated heterocycles. The van der Waals surface area contributed by atoms with E-state index in [4.69, 9.17) is 0 Å². The zero-order valence-electron chi connectivity index (χ0n) is 11.5. The van der Waals surface area contributed by atoms with Crippen LogP contribution in [-0.2, 0) is 7.05 Å². The Hall–Kier alpha value is -1.61. The highest BCUT2D eigenvalue weighted by atomic mass is 32.2. The molecule has 0 aliphatic carbocycles. The van der Waals surface area contributed by atoms with Gasteiger partial charge in [0, 0.05) is 17.7 Å². The van der Waals surface area contributed by atoms with Crippen molar-refractivity contribution in [3.05, 3.63) is 60.3 Å². The largest absolute Gasteiger partial charge is 0.293 e. The molecule has 0 aliphatic rings. The minimum atomic E-state index is -0.486. The smallest absolute Gasteiger partial charge is 0.240 e. The number of carbonyl (C=O) groups excluding carboxylic acids is 1. The lowest BCUT2D eigenvalue weighted by Crippen LogP contribution is -2.35. The first-order valence-corrected chi connectivity index (χ1v) is 7.06. The van der Waals surface area contributed by atoms with Gasteiger partial charge in [0.2, 0.25) is 5.03 Å². The number of rotatable bonds is 4. The summed E-state index contributed by atoms with van der Waals surface area (Å²) in [5, 5.41) is 1.08. The summed E-state index contributed by atoms with van der Waals surface area (Å²) < 4.78 is 1.55. The Kier molecular flexibility index (Phi) is 4.05. The normalized spacial score (nSPS) is 11.3. The fraction of sp³-hybridized carbons (Fsp3) is 0.250.